The van der Waals surface area contributed by atoms with Gasteiger partial charge >= 0.3 is 0 Å². The molecule has 3 heterocycles. The van der Waals surface area contributed by atoms with Gasteiger partial charge in [-0.3, -0.25) is 5.01 Å². The number of furan rings is 1. The Morgan fingerprint density at radius 3 is 2.68 bits per heavy atom. The van der Waals surface area contributed by atoms with Crippen molar-refractivity contribution in [1.29, 1.82) is 0 Å². The van der Waals surface area contributed by atoms with E-state index in [0.29, 0.717) is 0 Å². The van der Waals surface area contributed by atoms with Crippen LogP contribution in [-0.4, -0.2) is 53.9 Å². The topological polar surface area (TPSA) is 36.9 Å². The summed E-state index contributed by atoms with van der Waals surface area (Å²) in [5.41, 5.74) is 3.64. The number of nitrogens with zero attached hydrogens (tertiary/aromatic N) is 4. The first-order valence-electron chi connectivity index (χ1n) is 7.80. The van der Waals surface area contributed by atoms with Crippen LogP contribution in [0.4, 0.5) is 0 Å². The molecular formula is C17H24N4O. The molecule has 0 unspecified atom stereocenters. The summed E-state index contributed by atoms with van der Waals surface area (Å²) in [6, 6.07) is 6.13. The standard InChI is InChI=1S/C17H24N4O/c1-14-11-16(12-18-20-8-6-19(3)7-9-20)15(2)21(14)13-17-5-4-10-22-17/h4-5,10-12H,6-9,13H2,1-3H3/b18-12-. The lowest BCUT2D eigenvalue weighted by Gasteiger charge is -2.30. The number of hydrogen-bond acceptors (Lipinski definition) is 4. The van der Waals surface area contributed by atoms with Gasteiger partial charge in [-0.15, -0.1) is 0 Å². The van der Waals surface area contributed by atoms with E-state index >= 15 is 0 Å². The van der Waals surface area contributed by atoms with Gasteiger partial charge in [-0.25, -0.2) is 0 Å². The maximum absolute atomic E-state index is 5.45. The Morgan fingerprint density at radius 2 is 2.00 bits per heavy atom. The normalized spacial score (nSPS) is 16.8. The first-order chi connectivity index (χ1) is 10.6. The number of hydrazone groups is 1. The van der Waals surface area contributed by atoms with Crippen molar-refractivity contribution in [3.63, 3.8) is 0 Å². The quantitative estimate of drug-likeness (QED) is 0.813. The van der Waals surface area contributed by atoms with Gasteiger partial charge in [-0.05, 0) is 39.1 Å². The van der Waals surface area contributed by atoms with Gasteiger partial charge in [0.05, 0.1) is 19.0 Å². The minimum absolute atomic E-state index is 0.771. The summed E-state index contributed by atoms with van der Waals surface area (Å²) < 4.78 is 7.72. The minimum atomic E-state index is 0.771. The average Bonchev–Trinajstić information content (AvgIpc) is 3.11. The molecule has 1 aliphatic rings. The fourth-order valence-corrected chi connectivity index (χ4v) is 2.82. The molecule has 0 aromatic carbocycles. The van der Waals surface area contributed by atoms with Crippen LogP contribution in [0.2, 0.25) is 0 Å². The van der Waals surface area contributed by atoms with E-state index in [-0.39, 0.29) is 0 Å². The predicted octanol–water partition coefficient (Wildman–Crippen LogP) is 2.33. The highest BCUT2D eigenvalue weighted by Gasteiger charge is 2.12. The lowest BCUT2D eigenvalue weighted by atomic mass is 10.2. The van der Waals surface area contributed by atoms with Gasteiger partial charge in [0.15, 0.2) is 0 Å². The number of aromatic nitrogens is 1. The maximum atomic E-state index is 5.45. The molecule has 1 fully saturated rings. The van der Waals surface area contributed by atoms with Crippen molar-refractivity contribution in [2.75, 3.05) is 33.2 Å². The van der Waals surface area contributed by atoms with Gasteiger partial charge in [0.25, 0.3) is 0 Å². The Labute approximate surface area is 131 Å². The zero-order chi connectivity index (χ0) is 15.5. The third kappa shape index (κ3) is 3.25. The van der Waals surface area contributed by atoms with E-state index in [0.717, 1.165) is 38.5 Å². The number of rotatable bonds is 4. The summed E-state index contributed by atoms with van der Waals surface area (Å²) in [6.07, 6.45) is 3.71. The average molecular weight is 300 g/mol. The summed E-state index contributed by atoms with van der Waals surface area (Å²) >= 11 is 0. The van der Waals surface area contributed by atoms with Gasteiger partial charge in [-0.1, -0.05) is 0 Å². The molecule has 2 aromatic heterocycles. The molecule has 5 heteroatoms. The smallest absolute Gasteiger partial charge is 0.123 e. The Bertz CT molecular complexity index is 634. The van der Waals surface area contributed by atoms with E-state index in [4.69, 9.17) is 4.42 Å². The molecule has 2 aromatic rings. The largest absolute Gasteiger partial charge is 0.467 e. The van der Waals surface area contributed by atoms with Crippen LogP contribution in [0.15, 0.2) is 34.0 Å². The third-order valence-electron chi connectivity index (χ3n) is 4.35. The van der Waals surface area contributed by atoms with Crippen molar-refractivity contribution < 1.29 is 4.42 Å². The van der Waals surface area contributed by atoms with Crippen molar-refractivity contribution in [1.82, 2.24) is 14.5 Å². The SMILES string of the molecule is Cc1cc(/C=N\N2CCN(C)CC2)c(C)n1Cc1ccco1. The van der Waals surface area contributed by atoms with Gasteiger partial charge in [-0.2, -0.15) is 5.10 Å². The van der Waals surface area contributed by atoms with Gasteiger partial charge in [0, 0.05) is 43.1 Å². The molecule has 3 rings (SSSR count). The van der Waals surface area contributed by atoms with Crippen LogP contribution in [-0.2, 0) is 6.54 Å². The second-order valence-corrected chi connectivity index (χ2v) is 5.99. The molecule has 0 radical (unpaired) electrons. The summed E-state index contributed by atoms with van der Waals surface area (Å²) in [5, 5.41) is 6.80. The maximum Gasteiger partial charge on any atom is 0.123 e. The minimum Gasteiger partial charge on any atom is -0.467 e. The van der Waals surface area contributed by atoms with Crippen molar-refractivity contribution in [2.45, 2.75) is 20.4 Å². The van der Waals surface area contributed by atoms with E-state index in [2.05, 4.69) is 46.5 Å². The Kier molecular flexibility index (Phi) is 4.34. The van der Waals surface area contributed by atoms with Crippen LogP contribution in [0.3, 0.4) is 0 Å². The lowest BCUT2D eigenvalue weighted by Crippen LogP contribution is -2.41. The van der Waals surface area contributed by atoms with Crippen LogP contribution in [0.25, 0.3) is 0 Å². The number of piperazine rings is 1. The third-order valence-corrected chi connectivity index (χ3v) is 4.35. The molecule has 0 amide bonds. The van der Waals surface area contributed by atoms with Crippen LogP contribution in [0.1, 0.15) is 22.7 Å². The Morgan fingerprint density at radius 1 is 1.23 bits per heavy atom. The number of likely N-dealkylation sites (N-methyl/N-ethyl adjacent to an activating group) is 1. The fraction of sp³-hybridized carbons (Fsp3) is 0.471. The van der Waals surface area contributed by atoms with E-state index in [9.17, 15) is 0 Å². The Balaban J connectivity index is 1.72. The molecule has 0 aliphatic carbocycles. The molecule has 5 nitrogen and oxygen atoms in total. The van der Waals surface area contributed by atoms with E-state index in [1.54, 1.807) is 6.26 Å². The first kappa shape index (κ1) is 14.9. The summed E-state index contributed by atoms with van der Waals surface area (Å²) in [7, 11) is 2.16. The van der Waals surface area contributed by atoms with Gasteiger partial charge in [0.2, 0.25) is 0 Å². The molecule has 22 heavy (non-hydrogen) atoms. The van der Waals surface area contributed by atoms with Crippen molar-refractivity contribution in [3.8, 4) is 0 Å². The molecule has 0 atom stereocenters. The molecule has 1 saturated heterocycles. The molecule has 0 spiro atoms. The van der Waals surface area contributed by atoms with E-state index in [1.807, 2.05) is 18.3 Å². The second kappa shape index (κ2) is 6.40. The highest BCUT2D eigenvalue weighted by atomic mass is 16.3. The van der Waals surface area contributed by atoms with E-state index in [1.165, 1.54) is 17.0 Å². The molecular weight excluding hydrogens is 276 g/mol. The van der Waals surface area contributed by atoms with E-state index < -0.39 is 0 Å². The molecule has 0 bridgehead atoms. The number of hydrogen-bond donors (Lipinski definition) is 0. The molecule has 1 aliphatic heterocycles. The van der Waals surface area contributed by atoms with Crippen LogP contribution < -0.4 is 0 Å². The monoisotopic (exact) mass is 300 g/mol. The van der Waals surface area contributed by atoms with Crippen molar-refractivity contribution in [3.05, 3.63) is 47.2 Å². The fourth-order valence-electron chi connectivity index (χ4n) is 2.82. The molecule has 0 saturated carbocycles. The molecule has 118 valence electrons. The number of aryl methyl sites for hydroxylation is 1. The lowest BCUT2D eigenvalue weighted by molar-refractivity contribution is 0.159. The second-order valence-electron chi connectivity index (χ2n) is 5.99. The van der Waals surface area contributed by atoms with Crippen molar-refractivity contribution >= 4 is 6.21 Å². The predicted molar refractivity (Wildman–Crippen MR) is 88.4 cm³/mol. The highest BCUT2D eigenvalue weighted by molar-refractivity contribution is 5.81. The highest BCUT2D eigenvalue weighted by Crippen LogP contribution is 2.16. The van der Waals surface area contributed by atoms with Crippen molar-refractivity contribution in [2.24, 2.45) is 5.10 Å². The van der Waals surface area contributed by atoms with Crippen LogP contribution >= 0.6 is 0 Å². The van der Waals surface area contributed by atoms with Crippen LogP contribution in [0.5, 0.6) is 0 Å². The Hall–Kier alpha value is -2.01. The van der Waals surface area contributed by atoms with Crippen LogP contribution in [0, 0.1) is 13.8 Å². The zero-order valence-corrected chi connectivity index (χ0v) is 13.6. The van der Waals surface area contributed by atoms with Gasteiger partial charge in [0.1, 0.15) is 5.76 Å². The van der Waals surface area contributed by atoms with Gasteiger partial charge < -0.3 is 13.9 Å². The zero-order valence-electron chi connectivity index (χ0n) is 13.6. The summed E-state index contributed by atoms with van der Waals surface area (Å²) in [5.74, 6) is 0.976. The first-order valence-corrected chi connectivity index (χ1v) is 7.80. The molecule has 0 N–H and O–H groups in total. The summed E-state index contributed by atoms with van der Waals surface area (Å²) in [6.45, 7) is 9.19. The summed E-state index contributed by atoms with van der Waals surface area (Å²) in [4.78, 5) is 2.33.